The lowest BCUT2D eigenvalue weighted by atomic mass is 9.81. The van der Waals surface area contributed by atoms with Gasteiger partial charge in [0.1, 0.15) is 12.4 Å². The summed E-state index contributed by atoms with van der Waals surface area (Å²) in [6.45, 7) is 8.92. The molecule has 0 saturated carbocycles. The van der Waals surface area contributed by atoms with Crippen LogP contribution in [0, 0.1) is 13.8 Å². The molecular weight excluding hydrogens is 460 g/mol. The van der Waals surface area contributed by atoms with Gasteiger partial charge in [-0.25, -0.2) is 0 Å². The largest absolute Gasteiger partial charge is 0.504 e. The molecule has 3 aliphatic rings. The lowest BCUT2D eigenvalue weighted by Crippen LogP contribution is -2.50. The van der Waals surface area contributed by atoms with Gasteiger partial charge in [-0.15, -0.1) is 0 Å². The molecule has 3 unspecified atom stereocenters. The summed E-state index contributed by atoms with van der Waals surface area (Å²) in [6, 6.07) is 1.65. The first-order valence-electron chi connectivity index (χ1n) is 12.4. The van der Waals surface area contributed by atoms with E-state index in [4.69, 9.17) is 18.9 Å². The zero-order valence-corrected chi connectivity index (χ0v) is 21.8. The van der Waals surface area contributed by atoms with E-state index in [2.05, 4.69) is 22.4 Å². The van der Waals surface area contributed by atoms with Gasteiger partial charge in [0, 0.05) is 34.8 Å². The standard InChI is InChI=1S/C28H36N2O6/c1-7-10-34-26-16(3)27-28(36-14-35-27)22-18(26)12-19-23(29(4)5)21-17(8-9-30(19)20(22)13-31)11-15(2)25(33-6)24(21)32/h7,11,19-20,23,31-32H,1,8-10,12-14H2,2-6H3. The van der Waals surface area contributed by atoms with Gasteiger partial charge in [-0.05, 0) is 51.9 Å². The molecule has 194 valence electrons. The number of ether oxygens (including phenoxy) is 4. The highest BCUT2D eigenvalue weighted by atomic mass is 16.7. The monoisotopic (exact) mass is 496 g/mol. The van der Waals surface area contributed by atoms with Crippen LogP contribution in [0.1, 0.15) is 45.5 Å². The highest BCUT2D eigenvalue weighted by molar-refractivity contribution is 5.66. The normalized spacial score (nSPS) is 22.5. The lowest BCUT2D eigenvalue weighted by molar-refractivity contribution is 0.0317. The Morgan fingerprint density at radius 3 is 2.61 bits per heavy atom. The van der Waals surface area contributed by atoms with Gasteiger partial charge in [-0.1, -0.05) is 18.7 Å². The van der Waals surface area contributed by atoms with Crippen LogP contribution >= 0.6 is 0 Å². The van der Waals surface area contributed by atoms with E-state index in [1.165, 1.54) is 0 Å². The van der Waals surface area contributed by atoms with Gasteiger partial charge < -0.3 is 34.1 Å². The second kappa shape index (κ2) is 9.50. The summed E-state index contributed by atoms with van der Waals surface area (Å²) in [5.74, 6) is 2.86. The molecule has 0 saturated heterocycles. The minimum absolute atomic E-state index is 0.0323. The fourth-order valence-electron chi connectivity index (χ4n) is 6.48. The Bertz CT molecular complexity index is 1190. The number of phenols is 1. The second-order valence-corrected chi connectivity index (χ2v) is 10.0. The number of likely N-dealkylation sites (N-methyl/N-ethyl adjacent to an activating group) is 1. The fourth-order valence-corrected chi connectivity index (χ4v) is 6.48. The van der Waals surface area contributed by atoms with E-state index in [0.717, 1.165) is 52.1 Å². The summed E-state index contributed by atoms with van der Waals surface area (Å²) >= 11 is 0. The highest BCUT2D eigenvalue weighted by Crippen LogP contribution is 2.55. The highest BCUT2D eigenvalue weighted by Gasteiger charge is 2.47. The van der Waals surface area contributed by atoms with Crippen LogP contribution in [0.15, 0.2) is 18.7 Å². The van der Waals surface area contributed by atoms with Crippen LogP contribution in [0.3, 0.4) is 0 Å². The Kier molecular flexibility index (Phi) is 6.53. The number of phenolic OH excluding ortho intramolecular Hbond substituents is 1. The van der Waals surface area contributed by atoms with Gasteiger partial charge in [-0.2, -0.15) is 0 Å². The Hall–Kier alpha value is -2.94. The van der Waals surface area contributed by atoms with E-state index in [9.17, 15) is 10.2 Å². The van der Waals surface area contributed by atoms with E-state index in [0.29, 0.717) is 30.3 Å². The van der Waals surface area contributed by atoms with Crippen molar-refractivity contribution in [2.75, 3.05) is 47.8 Å². The summed E-state index contributed by atoms with van der Waals surface area (Å²) in [5.41, 5.74) is 5.75. The first-order valence-corrected chi connectivity index (χ1v) is 12.4. The summed E-state index contributed by atoms with van der Waals surface area (Å²) in [6.07, 6.45) is 3.13. The molecule has 3 aliphatic heterocycles. The predicted molar refractivity (Wildman–Crippen MR) is 137 cm³/mol. The van der Waals surface area contributed by atoms with Gasteiger partial charge in [0.05, 0.1) is 25.8 Å². The van der Waals surface area contributed by atoms with Gasteiger partial charge in [0.25, 0.3) is 0 Å². The van der Waals surface area contributed by atoms with Crippen molar-refractivity contribution in [1.82, 2.24) is 9.80 Å². The van der Waals surface area contributed by atoms with E-state index in [-0.39, 0.29) is 37.3 Å². The van der Waals surface area contributed by atoms with E-state index < -0.39 is 0 Å². The second-order valence-electron chi connectivity index (χ2n) is 10.0. The van der Waals surface area contributed by atoms with E-state index in [1.54, 1.807) is 13.2 Å². The number of aliphatic hydroxyl groups excluding tert-OH is 1. The van der Waals surface area contributed by atoms with Crippen molar-refractivity contribution in [3.63, 3.8) is 0 Å². The molecular formula is C28H36N2O6. The molecule has 0 bridgehead atoms. The molecule has 0 amide bonds. The minimum Gasteiger partial charge on any atom is -0.504 e. The van der Waals surface area contributed by atoms with E-state index in [1.807, 2.05) is 27.9 Å². The van der Waals surface area contributed by atoms with Crippen molar-refractivity contribution >= 4 is 0 Å². The third kappa shape index (κ3) is 3.62. The maximum absolute atomic E-state index is 11.4. The molecule has 36 heavy (non-hydrogen) atoms. The molecule has 0 radical (unpaired) electrons. The maximum atomic E-state index is 11.4. The fraction of sp³-hybridized carbons (Fsp3) is 0.500. The Balaban J connectivity index is 1.73. The minimum atomic E-state index is -0.303. The van der Waals surface area contributed by atoms with Crippen LogP contribution in [0.25, 0.3) is 0 Å². The van der Waals surface area contributed by atoms with Crippen LogP contribution in [0.2, 0.25) is 0 Å². The zero-order valence-electron chi connectivity index (χ0n) is 21.8. The molecule has 2 aromatic rings. The maximum Gasteiger partial charge on any atom is 0.231 e. The number of methoxy groups -OCH3 is 1. The molecule has 8 nitrogen and oxygen atoms in total. The zero-order chi connectivity index (χ0) is 25.7. The molecule has 0 aromatic heterocycles. The smallest absolute Gasteiger partial charge is 0.231 e. The molecule has 3 heterocycles. The van der Waals surface area contributed by atoms with Crippen LogP contribution in [-0.2, 0) is 12.8 Å². The number of benzene rings is 2. The van der Waals surface area contributed by atoms with Gasteiger partial charge >= 0.3 is 0 Å². The number of aryl methyl sites for hydroxylation is 1. The number of aromatic hydroxyl groups is 1. The molecule has 3 atom stereocenters. The van der Waals surface area contributed by atoms with Gasteiger partial charge in [0.2, 0.25) is 6.79 Å². The molecule has 0 aliphatic carbocycles. The third-order valence-electron chi connectivity index (χ3n) is 7.85. The summed E-state index contributed by atoms with van der Waals surface area (Å²) in [5, 5.41) is 22.2. The number of aliphatic hydroxyl groups is 1. The number of hydrogen-bond donors (Lipinski definition) is 2. The van der Waals surface area contributed by atoms with Crippen LogP contribution < -0.4 is 18.9 Å². The van der Waals surface area contributed by atoms with Crippen molar-refractivity contribution in [3.05, 3.63) is 52.1 Å². The van der Waals surface area contributed by atoms with Crippen molar-refractivity contribution < 1.29 is 29.2 Å². The van der Waals surface area contributed by atoms with Crippen LogP contribution in [-0.4, -0.2) is 73.8 Å². The molecule has 8 heteroatoms. The molecule has 2 N–H and O–H groups in total. The first kappa shape index (κ1) is 24.7. The topological polar surface area (TPSA) is 83.9 Å². The molecule has 5 rings (SSSR count). The number of nitrogens with zero attached hydrogens (tertiary/aromatic N) is 2. The van der Waals surface area contributed by atoms with Gasteiger partial charge in [-0.3, -0.25) is 4.90 Å². The van der Waals surface area contributed by atoms with Crippen LogP contribution in [0.4, 0.5) is 0 Å². The van der Waals surface area contributed by atoms with Crippen molar-refractivity contribution in [1.29, 1.82) is 0 Å². The lowest BCUT2D eigenvalue weighted by Gasteiger charge is -2.47. The SMILES string of the molecule is C=CCOc1c(C)c2c(c3c1CC1C(N(C)C)c4c(cc(C)c(OC)c4O)CCN1C3CO)OCO2. The summed E-state index contributed by atoms with van der Waals surface area (Å²) in [7, 11) is 5.66. The van der Waals surface area contributed by atoms with E-state index >= 15 is 0 Å². The average Bonchev–Trinajstić information content (AvgIpc) is 3.28. The van der Waals surface area contributed by atoms with Crippen LogP contribution in [0.5, 0.6) is 28.7 Å². The number of hydrogen-bond acceptors (Lipinski definition) is 8. The molecule has 0 fully saturated rings. The van der Waals surface area contributed by atoms with Crippen molar-refractivity contribution in [2.45, 2.75) is 44.8 Å². The summed E-state index contributed by atoms with van der Waals surface area (Å²) in [4.78, 5) is 4.52. The Morgan fingerprint density at radius 2 is 1.94 bits per heavy atom. The first-order chi connectivity index (χ1) is 17.3. The summed E-state index contributed by atoms with van der Waals surface area (Å²) < 4.78 is 23.6. The Morgan fingerprint density at radius 1 is 1.19 bits per heavy atom. The number of fused-ring (bicyclic) bond motifs is 5. The predicted octanol–water partition coefficient (Wildman–Crippen LogP) is 3.43. The van der Waals surface area contributed by atoms with Crippen molar-refractivity contribution in [2.24, 2.45) is 0 Å². The Labute approximate surface area is 212 Å². The average molecular weight is 497 g/mol. The molecule has 0 spiro atoms. The third-order valence-corrected chi connectivity index (χ3v) is 7.85. The van der Waals surface area contributed by atoms with Crippen molar-refractivity contribution in [3.8, 4) is 28.7 Å². The number of rotatable bonds is 6. The molecule has 2 aromatic carbocycles. The van der Waals surface area contributed by atoms with Gasteiger partial charge in [0.15, 0.2) is 23.0 Å². The quantitative estimate of drug-likeness (QED) is 0.589.